The summed E-state index contributed by atoms with van der Waals surface area (Å²) in [5, 5.41) is 6.24. The lowest BCUT2D eigenvalue weighted by atomic mass is 10.0. The number of Topliss-reactive ketones (excluding diaryl/α,β-unsaturated/α-hetero) is 1. The predicted octanol–water partition coefficient (Wildman–Crippen LogP) is 3.16. The first-order valence-corrected chi connectivity index (χ1v) is 7.96. The topological polar surface area (TPSA) is 58.2 Å². The fraction of sp³-hybridized carbons (Fsp3) is 0.875. The molecule has 0 aliphatic heterocycles. The molecule has 0 fully saturated rings. The number of hydrogen-bond donors (Lipinski definition) is 2. The van der Waals surface area contributed by atoms with Crippen molar-refractivity contribution in [2.75, 3.05) is 13.1 Å². The smallest absolute Gasteiger partial charge is 0.219 e. The maximum atomic E-state index is 11.6. The van der Waals surface area contributed by atoms with Gasteiger partial charge in [0, 0.05) is 34.2 Å². The first kappa shape index (κ1) is 19.1. The van der Waals surface area contributed by atoms with Gasteiger partial charge in [0.2, 0.25) is 5.91 Å². The molecule has 4 nitrogen and oxygen atoms in total. The Labute approximate surface area is 127 Å². The van der Waals surface area contributed by atoms with Crippen LogP contribution in [0.4, 0.5) is 0 Å². The highest BCUT2D eigenvalue weighted by molar-refractivity contribution is 5.80. The molecule has 0 aromatic heterocycles. The van der Waals surface area contributed by atoms with Crippen molar-refractivity contribution < 1.29 is 12.4 Å². The van der Waals surface area contributed by atoms with E-state index in [2.05, 4.69) is 24.5 Å². The van der Waals surface area contributed by atoms with Gasteiger partial charge in [0.15, 0.2) is 0 Å². The minimum atomic E-state index is 0. The Balaban J connectivity index is -0.00000180. The Morgan fingerprint density at radius 2 is 1.60 bits per heavy atom. The van der Waals surface area contributed by atoms with Crippen molar-refractivity contribution in [3.05, 3.63) is 0 Å². The molecule has 4 heteroatoms. The summed E-state index contributed by atoms with van der Waals surface area (Å²) in [5.41, 5.74) is 0. The summed E-state index contributed by atoms with van der Waals surface area (Å²) in [6.45, 7) is 9.74. The summed E-state index contributed by atoms with van der Waals surface area (Å²) in [7, 11) is 0. The van der Waals surface area contributed by atoms with Gasteiger partial charge in [-0.2, -0.15) is 0 Å². The first-order valence-electron chi connectivity index (χ1n) is 7.96. The number of hydrogen-bond acceptors (Lipinski definition) is 3. The van der Waals surface area contributed by atoms with Gasteiger partial charge in [-0.15, -0.1) is 0 Å². The molecular weight excluding hydrogens is 252 g/mol. The van der Waals surface area contributed by atoms with E-state index in [0.29, 0.717) is 25.4 Å². The Bertz CT molecular complexity index is 285. The van der Waals surface area contributed by atoms with Crippen LogP contribution >= 0.6 is 0 Å². The normalized spacial score (nSPS) is 11.1. The number of carbonyl (C=O) groups is 2. The van der Waals surface area contributed by atoms with E-state index in [1.807, 2.05) is 13.8 Å². The van der Waals surface area contributed by atoms with Gasteiger partial charge in [-0.25, -0.2) is 0 Å². The van der Waals surface area contributed by atoms with Crippen molar-refractivity contribution in [2.24, 2.45) is 5.92 Å². The SMILES string of the molecule is CC(C)NCCCCCC(=O)NCCCC(=O)C(C)C.[HH].[HH]. The zero-order chi connectivity index (χ0) is 15.4. The van der Waals surface area contributed by atoms with Crippen LogP contribution in [0.3, 0.4) is 0 Å². The van der Waals surface area contributed by atoms with Crippen LogP contribution in [0.2, 0.25) is 0 Å². The summed E-state index contributed by atoms with van der Waals surface area (Å²) in [6.07, 6.45) is 5.06. The lowest BCUT2D eigenvalue weighted by molar-refractivity contribution is -0.123. The molecular formula is C16H36N2O2. The monoisotopic (exact) mass is 288 g/mol. The zero-order valence-corrected chi connectivity index (χ0v) is 13.6. The third kappa shape index (κ3) is 12.2. The number of nitrogens with one attached hydrogen (secondary N) is 2. The third-order valence-corrected chi connectivity index (χ3v) is 3.20. The molecule has 0 aromatic rings. The highest BCUT2D eigenvalue weighted by Crippen LogP contribution is 2.02. The van der Waals surface area contributed by atoms with Crippen molar-refractivity contribution in [3.63, 3.8) is 0 Å². The maximum Gasteiger partial charge on any atom is 0.219 e. The van der Waals surface area contributed by atoms with Gasteiger partial charge in [0.25, 0.3) is 0 Å². The van der Waals surface area contributed by atoms with Crippen LogP contribution < -0.4 is 10.6 Å². The fourth-order valence-corrected chi connectivity index (χ4v) is 1.85. The van der Waals surface area contributed by atoms with E-state index in [1.165, 1.54) is 0 Å². The molecule has 0 spiro atoms. The highest BCUT2D eigenvalue weighted by atomic mass is 16.1. The molecule has 0 aliphatic carbocycles. The highest BCUT2D eigenvalue weighted by Gasteiger charge is 2.06. The second-order valence-electron chi connectivity index (χ2n) is 5.99. The van der Waals surface area contributed by atoms with Gasteiger partial charge < -0.3 is 10.6 Å². The molecule has 0 saturated heterocycles. The van der Waals surface area contributed by atoms with Crippen molar-refractivity contribution in [1.29, 1.82) is 0 Å². The summed E-state index contributed by atoms with van der Waals surface area (Å²) < 4.78 is 0. The molecule has 0 aliphatic rings. The molecule has 2 N–H and O–H groups in total. The van der Waals surface area contributed by atoms with E-state index >= 15 is 0 Å². The van der Waals surface area contributed by atoms with Crippen molar-refractivity contribution in [3.8, 4) is 0 Å². The molecule has 20 heavy (non-hydrogen) atoms. The van der Waals surface area contributed by atoms with Crippen LogP contribution in [0.5, 0.6) is 0 Å². The quantitative estimate of drug-likeness (QED) is 0.542. The van der Waals surface area contributed by atoms with Crippen molar-refractivity contribution in [1.82, 2.24) is 10.6 Å². The molecule has 0 unspecified atom stereocenters. The van der Waals surface area contributed by atoms with E-state index in [1.54, 1.807) is 0 Å². The molecule has 0 rings (SSSR count). The summed E-state index contributed by atoms with van der Waals surface area (Å²) in [5.74, 6) is 0.487. The average molecular weight is 288 g/mol. The minimum absolute atomic E-state index is 0. The van der Waals surface area contributed by atoms with Gasteiger partial charge in [-0.3, -0.25) is 9.59 Å². The third-order valence-electron chi connectivity index (χ3n) is 3.20. The Morgan fingerprint density at radius 3 is 2.20 bits per heavy atom. The van der Waals surface area contributed by atoms with E-state index in [4.69, 9.17) is 0 Å². The molecule has 0 radical (unpaired) electrons. The molecule has 0 atom stereocenters. The maximum absolute atomic E-state index is 11.6. The van der Waals surface area contributed by atoms with Crippen LogP contribution in [0.15, 0.2) is 0 Å². The number of amides is 1. The average Bonchev–Trinajstić information content (AvgIpc) is 2.37. The molecule has 1 amide bonds. The standard InChI is InChI=1S/C16H32N2O2.2H2/c1-13(2)15(19)9-8-12-18-16(20)10-6-5-7-11-17-14(3)4;;/h13-14,17H,5-12H2,1-4H3,(H,18,20);2*1H. The van der Waals surface area contributed by atoms with Crippen LogP contribution in [-0.4, -0.2) is 30.8 Å². The summed E-state index contributed by atoms with van der Waals surface area (Å²) in [4.78, 5) is 22.9. The Morgan fingerprint density at radius 1 is 0.900 bits per heavy atom. The molecule has 0 heterocycles. The Hall–Kier alpha value is -0.900. The predicted molar refractivity (Wildman–Crippen MR) is 87.9 cm³/mol. The van der Waals surface area contributed by atoms with Crippen LogP contribution in [0.25, 0.3) is 0 Å². The number of unbranched alkanes of at least 4 members (excludes halogenated alkanes) is 2. The molecule has 122 valence electrons. The van der Waals surface area contributed by atoms with Crippen molar-refractivity contribution in [2.45, 2.75) is 72.3 Å². The zero-order valence-electron chi connectivity index (χ0n) is 13.6. The molecule has 0 saturated carbocycles. The van der Waals surface area contributed by atoms with E-state index in [-0.39, 0.29) is 20.5 Å². The largest absolute Gasteiger partial charge is 0.356 e. The van der Waals surface area contributed by atoms with Gasteiger partial charge in [0.05, 0.1) is 0 Å². The lowest BCUT2D eigenvalue weighted by Crippen LogP contribution is -2.25. The van der Waals surface area contributed by atoms with Gasteiger partial charge in [0.1, 0.15) is 5.78 Å². The fourth-order valence-electron chi connectivity index (χ4n) is 1.85. The van der Waals surface area contributed by atoms with Crippen LogP contribution in [0, 0.1) is 5.92 Å². The second kappa shape index (κ2) is 11.9. The number of ketones is 1. The van der Waals surface area contributed by atoms with Gasteiger partial charge >= 0.3 is 0 Å². The van der Waals surface area contributed by atoms with E-state index in [9.17, 15) is 9.59 Å². The van der Waals surface area contributed by atoms with E-state index in [0.717, 1.165) is 32.2 Å². The summed E-state index contributed by atoms with van der Waals surface area (Å²) >= 11 is 0. The minimum Gasteiger partial charge on any atom is -0.356 e. The van der Waals surface area contributed by atoms with Crippen LogP contribution in [-0.2, 0) is 9.59 Å². The Kier molecular flexibility index (Phi) is 11.4. The molecule has 0 aromatic carbocycles. The van der Waals surface area contributed by atoms with Crippen molar-refractivity contribution >= 4 is 11.7 Å². The van der Waals surface area contributed by atoms with E-state index < -0.39 is 0 Å². The lowest BCUT2D eigenvalue weighted by Gasteiger charge is -2.08. The summed E-state index contributed by atoms with van der Waals surface area (Å²) in [6, 6.07) is 0.534. The second-order valence-corrected chi connectivity index (χ2v) is 5.99. The molecule has 0 bridgehead atoms. The number of carbonyl (C=O) groups excluding carboxylic acids is 2. The number of rotatable bonds is 12. The first-order chi connectivity index (χ1) is 9.43. The van der Waals surface area contributed by atoms with Gasteiger partial charge in [-0.05, 0) is 25.8 Å². The van der Waals surface area contributed by atoms with Gasteiger partial charge in [-0.1, -0.05) is 34.1 Å². The van der Waals surface area contributed by atoms with Crippen LogP contribution in [0.1, 0.15) is 69.1 Å².